The summed E-state index contributed by atoms with van der Waals surface area (Å²) in [4.78, 5) is 20.3. The normalized spacial score (nSPS) is 23.4. The molecule has 5 nitrogen and oxygen atoms in total. The van der Waals surface area contributed by atoms with E-state index >= 15 is 0 Å². The van der Waals surface area contributed by atoms with Crippen LogP contribution in [0.3, 0.4) is 0 Å². The number of amides is 1. The third kappa shape index (κ3) is 6.34. The first-order valence-corrected chi connectivity index (χ1v) is 15.3. The van der Waals surface area contributed by atoms with Crippen molar-refractivity contribution in [2.45, 2.75) is 64.2 Å². The van der Waals surface area contributed by atoms with Crippen LogP contribution in [0.5, 0.6) is 5.75 Å². The number of carbonyl (C=O) groups excluding carboxylic acids is 1. The highest BCUT2D eigenvalue weighted by molar-refractivity contribution is 5.94. The first-order valence-electron chi connectivity index (χ1n) is 15.3. The van der Waals surface area contributed by atoms with Crippen LogP contribution in [-0.4, -0.2) is 64.0 Å². The molecule has 0 aromatic heterocycles. The van der Waals surface area contributed by atoms with E-state index in [0.29, 0.717) is 6.54 Å². The number of piperazine rings is 1. The van der Waals surface area contributed by atoms with Crippen molar-refractivity contribution in [3.05, 3.63) is 101 Å². The van der Waals surface area contributed by atoms with E-state index in [9.17, 15) is 14.3 Å². The molecule has 2 saturated heterocycles. The van der Waals surface area contributed by atoms with E-state index in [0.717, 1.165) is 73.1 Å². The fourth-order valence-corrected chi connectivity index (χ4v) is 7.08. The molecule has 1 aliphatic carbocycles. The Morgan fingerprint density at radius 3 is 2.24 bits per heavy atom. The molecule has 1 N–H and O–H groups in total. The van der Waals surface area contributed by atoms with Crippen molar-refractivity contribution in [3.8, 4) is 5.75 Å². The van der Waals surface area contributed by atoms with E-state index < -0.39 is 0 Å². The monoisotopic (exact) mass is 555 g/mol. The number of piperidine rings is 1. The Morgan fingerprint density at radius 2 is 1.56 bits per heavy atom. The number of rotatable bonds is 7. The third-order valence-electron chi connectivity index (χ3n) is 9.54. The number of hydrogen-bond acceptors (Lipinski definition) is 4. The lowest BCUT2D eigenvalue weighted by atomic mass is 9.91. The predicted molar refractivity (Wildman–Crippen MR) is 160 cm³/mol. The van der Waals surface area contributed by atoms with Crippen molar-refractivity contribution in [2.75, 3.05) is 26.2 Å². The largest absolute Gasteiger partial charge is 0.508 e. The van der Waals surface area contributed by atoms with Crippen LogP contribution >= 0.6 is 0 Å². The van der Waals surface area contributed by atoms with Crippen LogP contribution in [0, 0.1) is 17.7 Å². The lowest BCUT2D eigenvalue weighted by Gasteiger charge is -2.47. The summed E-state index contributed by atoms with van der Waals surface area (Å²) in [5.74, 6) is 1.90. The summed E-state index contributed by atoms with van der Waals surface area (Å²) in [6, 6.07) is 23.0. The van der Waals surface area contributed by atoms with Crippen molar-refractivity contribution in [1.29, 1.82) is 0 Å². The fraction of sp³-hybridized carbons (Fsp3) is 0.457. The molecule has 0 spiro atoms. The summed E-state index contributed by atoms with van der Waals surface area (Å²) in [7, 11) is 0. The summed E-state index contributed by atoms with van der Waals surface area (Å²) < 4.78 is 13.8. The molecule has 3 aromatic carbocycles. The van der Waals surface area contributed by atoms with Crippen LogP contribution in [-0.2, 0) is 6.54 Å². The summed E-state index contributed by atoms with van der Waals surface area (Å²) >= 11 is 0. The number of benzene rings is 3. The van der Waals surface area contributed by atoms with Gasteiger partial charge >= 0.3 is 0 Å². The van der Waals surface area contributed by atoms with Gasteiger partial charge in [-0.2, -0.15) is 0 Å². The molecule has 0 bridgehead atoms. The Kier molecular flexibility index (Phi) is 8.14. The number of nitrogens with zero attached hydrogens (tertiary/aromatic N) is 3. The van der Waals surface area contributed by atoms with Crippen LogP contribution in [0.15, 0.2) is 72.8 Å². The highest BCUT2D eigenvalue weighted by Crippen LogP contribution is 2.42. The first kappa shape index (κ1) is 27.9. The van der Waals surface area contributed by atoms with Gasteiger partial charge in [0.25, 0.3) is 5.91 Å². The SMILES string of the molecule is C[C@@H]1CN(C(c2ccc(C(=O)N3CCC(C4CC4)CC3)cc2)c2cccc(O)c2)[C@@H](C)CN1Cc1cccc(F)c1. The summed E-state index contributed by atoms with van der Waals surface area (Å²) in [6.45, 7) is 8.58. The fourth-order valence-electron chi connectivity index (χ4n) is 7.08. The molecule has 6 heteroatoms. The maximum absolute atomic E-state index is 13.8. The molecule has 2 aliphatic heterocycles. The van der Waals surface area contributed by atoms with Gasteiger partial charge in [0, 0.05) is 50.4 Å². The number of phenols is 1. The van der Waals surface area contributed by atoms with Crippen molar-refractivity contribution in [2.24, 2.45) is 11.8 Å². The van der Waals surface area contributed by atoms with E-state index in [-0.39, 0.29) is 35.6 Å². The molecule has 6 rings (SSSR count). The Labute approximate surface area is 243 Å². The molecule has 1 unspecified atom stereocenters. The standard InChI is InChI=1S/C35H42FN3O2/c1-24-22-39(25(2)21-38(24)23-26-5-3-7-32(36)19-26)34(31-6-4-8-33(40)20-31)29-11-13-30(14-12-29)35(41)37-17-15-28(16-18-37)27-9-10-27/h3-8,11-14,19-20,24-25,27-28,34,40H,9-10,15-18,21-23H2,1-2H3/t24-,25+,34?/m1/s1. The quantitative estimate of drug-likeness (QED) is 0.363. The van der Waals surface area contributed by atoms with Crippen LogP contribution in [0.1, 0.15) is 72.6 Å². The number of aromatic hydroxyl groups is 1. The highest BCUT2D eigenvalue weighted by atomic mass is 19.1. The maximum Gasteiger partial charge on any atom is 0.253 e. The van der Waals surface area contributed by atoms with Gasteiger partial charge < -0.3 is 10.0 Å². The van der Waals surface area contributed by atoms with Gasteiger partial charge in [-0.05, 0) is 104 Å². The second kappa shape index (κ2) is 11.9. The lowest BCUT2D eigenvalue weighted by Crippen LogP contribution is -2.56. The van der Waals surface area contributed by atoms with Gasteiger partial charge in [0.2, 0.25) is 0 Å². The van der Waals surface area contributed by atoms with Gasteiger partial charge in [-0.25, -0.2) is 4.39 Å². The Morgan fingerprint density at radius 1 is 0.854 bits per heavy atom. The van der Waals surface area contributed by atoms with E-state index in [1.807, 2.05) is 35.2 Å². The predicted octanol–water partition coefficient (Wildman–Crippen LogP) is 6.48. The van der Waals surface area contributed by atoms with Crippen molar-refractivity contribution in [3.63, 3.8) is 0 Å². The highest BCUT2D eigenvalue weighted by Gasteiger charge is 2.36. The zero-order valence-electron chi connectivity index (χ0n) is 24.3. The van der Waals surface area contributed by atoms with Gasteiger partial charge in [0.05, 0.1) is 6.04 Å². The van der Waals surface area contributed by atoms with Crippen LogP contribution in [0.25, 0.3) is 0 Å². The van der Waals surface area contributed by atoms with Gasteiger partial charge in [0.1, 0.15) is 11.6 Å². The van der Waals surface area contributed by atoms with Gasteiger partial charge in [-0.15, -0.1) is 0 Å². The molecule has 3 fully saturated rings. The smallest absolute Gasteiger partial charge is 0.253 e. The molecule has 2 heterocycles. The third-order valence-corrected chi connectivity index (χ3v) is 9.54. The Balaban J connectivity index is 1.20. The molecule has 0 radical (unpaired) electrons. The molecule has 1 saturated carbocycles. The number of likely N-dealkylation sites (tertiary alicyclic amines) is 1. The molecule has 216 valence electrons. The number of carbonyl (C=O) groups is 1. The van der Waals surface area contributed by atoms with E-state index in [2.05, 4.69) is 41.8 Å². The molecule has 1 amide bonds. The summed E-state index contributed by atoms with van der Waals surface area (Å²) in [5.41, 5.74) is 3.87. The van der Waals surface area contributed by atoms with E-state index in [1.54, 1.807) is 18.2 Å². The Hall–Kier alpha value is -3.22. The van der Waals surface area contributed by atoms with Crippen molar-refractivity contribution < 1.29 is 14.3 Å². The minimum Gasteiger partial charge on any atom is -0.508 e. The Bertz CT molecular complexity index is 1350. The molecule has 3 atom stereocenters. The van der Waals surface area contributed by atoms with Crippen LogP contribution in [0.2, 0.25) is 0 Å². The van der Waals surface area contributed by atoms with Crippen molar-refractivity contribution in [1.82, 2.24) is 14.7 Å². The van der Waals surface area contributed by atoms with E-state index in [4.69, 9.17) is 0 Å². The number of hydrogen-bond donors (Lipinski definition) is 1. The summed E-state index contributed by atoms with van der Waals surface area (Å²) in [5, 5.41) is 10.4. The number of phenolic OH excluding ortho intramolecular Hbond substituents is 1. The minimum atomic E-state index is -0.199. The maximum atomic E-state index is 13.8. The minimum absolute atomic E-state index is 0.0608. The zero-order valence-corrected chi connectivity index (χ0v) is 24.3. The van der Waals surface area contributed by atoms with Crippen LogP contribution < -0.4 is 0 Å². The van der Waals surface area contributed by atoms with Gasteiger partial charge in [0.15, 0.2) is 0 Å². The second-order valence-electron chi connectivity index (χ2n) is 12.5. The summed E-state index contributed by atoms with van der Waals surface area (Å²) in [6.07, 6.45) is 5.02. The average Bonchev–Trinajstić information content (AvgIpc) is 3.82. The van der Waals surface area contributed by atoms with Gasteiger partial charge in [-0.1, -0.05) is 36.4 Å². The molecular weight excluding hydrogens is 513 g/mol. The van der Waals surface area contributed by atoms with E-state index in [1.165, 1.54) is 18.9 Å². The number of halogens is 1. The second-order valence-corrected chi connectivity index (χ2v) is 12.5. The molecule has 3 aromatic rings. The molecule has 41 heavy (non-hydrogen) atoms. The van der Waals surface area contributed by atoms with Crippen molar-refractivity contribution >= 4 is 5.91 Å². The first-order chi connectivity index (χ1) is 19.9. The molecular formula is C35H42FN3O2. The van der Waals surface area contributed by atoms with Gasteiger partial charge in [-0.3, -0.25) is 14.6 Å². The molecule has 3 aliphatic rings. The lowest BCUT2D eigenvalue weighted by molar-refractivity contribution is 0.0194. The average molecular weight is 556 g/mol. The zero-order chi connectivity index (χ0) is 28.5. The topological polar surface area (TPSA) is 47.0 Å². The van der Waals surface area contributed by atoms with Crippen LogP contribution in [0.4, 0.5) is 4.39 Å².